The predicted octanol–water partition coefficient (Wildman–Crippen LogP) is 2.38. The number of benzene rings is 1. The largest absolute Gasteiger partial charge is 0.352 e. The number of nitrogens with one attached hydrogen (secondary N) is 2. The maximum absolute atomic E-state index is 11.5. The third-order valence-electron chi connectivity index (χ3n) is 2.88. The summed E-state index contributed by atoms with van der Waals surface area (Å²) in [6, 6.07) is 8.65. The summed E-state index contributed by atoms with van der Waals surface area (Å²) < 4.78 is 1.07. The highest BCUT2D eigenvalue weighted by atomic mass is 79.9. The minimum Gasteiger partial charge on any atom is -0.352 e. The normalized spacial score (nSPS) is 16.6. The Morgan fingerprint density at radius 2 is 2.18 bits per heavy atom. The summed E-state index contributed by atoms with van der Waals surface area (Å²) in [5.74, 6) is 0.0893. The van der Waals surface area contributed by atoms with Crippen LogP contribution in [-0.2, 0) is 4.79 Å². The van der Waals surface area contributed by atoms with Crippen LogP contribution in [0.3, 0.4) is 0 Å². The Balaban J connectivity index is 1.82. The molecule has 2 N–H and O–H groups in total. The van der Waals surface area contributed by atoms with E-state index in [1.165, 1.54) is 5.56 Å². The van der Waals surface area contributed by atoms with E-state index in [0.29, 0.717) is 12.6 Å². The standard InChI is InChI=1S/C13H17BrN2O/c1-9(11-4-2-3-5-12(11)14)15-8-13(17)16-10-6-7-10/h2-5,9-10,15H,6-8H2,1H3,(H,16,17). The van der Waals surface area contributed by atoms with E-state index in [0.717, 1.165) is 17.3 Å². The first-order valence-corrected chi connectivity index (χ1v) is 6.73. The quantitative estimate of drug-likeness (QED) is 0.876. The second-order valence-electron chi connectivity index (χ2n) is 4.47. The highest BCUT2D eigenvalue weighted by Crippen LogP contribution is 2.22. The van der Waals surface area contributed by atoms with Crippen LogP contribution < -0.4 is 10.6 Å². The lowest BCUT2D eigenvalue weighted by Gasteiger charge is -2.15. The molecule has 0 saturated heterocycles. The van der Waals surface area contributed by atoms with Gasteiger partial charge in [0, 0.05) is 16.6 Å². The van der Waals surface area contributed by atoms with E-state index in [1.54, 1.807) is 0 Å². The van der Waals surface area contributed by atoms with Gasteiger partial charge in [0.2, 0.25) is 5.91 Å². The average molecular weight is 297 g/mol. The van der Waals surface area contributed by atoms with Crippen LogP contribution in [0.25, 0.3) is 0 Å². The van der Waals surface area contributed by atoms with E-state index in [1.807, 2.05) is 18.2 Å². The minimum atomic E-state index is 0.0893. The van der Waals surface area contributed by atoms with Gasteiger partial charge in [-0.2, -0.15) is 0 Å². The highest BCUT2D eigenvalue weighted by Gasteiger charge is 2.23. The van der Waals surface area contributed by atoms with Crippen molar-refractivity contribution in [1.29, 1.82) is 0 Å². The van der Waals surface area contributed by atoms with Crippen molar-refractivity contribution >= 4 is 21.8 Å². The maximum Gasteiger partial charge on any atom is 0.234 e. The van der Waals surface area contributed by atoms with E-state index in [2.05, 4.69) is 39.6 Å². The number of hydrogen-bond acceptors (Lipinski definition) is 2. The molecule has 0 aliphatic heterocycles. The molecule has 92 valence electrons. The van der Waals surface area contributed by atoms with Crippen molar-refractivity contribution in [2.75, 3.05) is 6.54 Å². The molecular weight excluding hydrogens is 280 g/mol. The molecule has 1 atom stereocenters. The van der Waals surface area contributed by atoms with Gasteiger partial charge in [0.1, 0.15) is 0 Å². The van der Waals surface area contributed by atoms with Crippen LogP contribution in [0, 0.1) is 0 Å². The molecule has 3 nitrogen and oxygen atoms in total. The van der Waals surface area contributed by atoms with Crippen molar-refractivity contribution in [3.05, 3.63) is 34.3 Å². The first kappa shape index (κ1) is 12.6. The van der Waals surface area contributed by atoms with Gasteiger partial charge in [-0.15, -0.1) is 0 Å². The van der Waals surface area contributed by atoms with Gasteiger partial charge in [-0.1, -0.05) is 34.1 Å². The summed E-state index contributed by atoms with van der Waals surface area (Å²) in [5, 5.41) is 6.19. The number of carbonyl (C=O) groups excluding carboxylic acids is 1. The Morgan fingerprint density at radius 3 is 2.82 bits per heavy atom. The van der Waals surface area contributed by atoms with Crippen LogP contribution in [0.2, 0.25) is 0 Å². The van der Waals surface area contributed by atoms with E-state index >= 15 is 0 Å². The molecule has 0 heterocycles. The molecule has 1 amide bonds. The lowest BCUT2D eigenvalue weighted by Crippen LogP contribution is -2.36. The Kier molecular flexibility index (Phi) is 4.18. The van der Waals surface area contributed by atoms with Crippen LogP contribution in [0.4, 0.5) is 0 Å². The molecule has 0 bridgehead atoms. The summed E-state index contributed by atoms with van der Waals surface area (Å²) in [6.45, 7) is 2.43. The van der Waals surface area contributed by atoms with Gasteiger partial charge in [0.15, 0.2) is 0 Å². The number of amides is 1. The highest BCUT2D eigenvalue weighted by molar-refractivity contribution is 9.10. The first-order valence-electron chi connectivity index (χ1n) is 5.94. The number of carbonyl (C=O) groups is 1. The van der Waals surface area contributed by atoms with Crippen molar-refractivity contribution < 1.29 is 4.79 Å². The molecule has 0 aromatic heterocycles. The zero-order valence-corrected chi connectivity index (χ0v) is 11.5. The van der Waals surface area contributed by atoms with Crippen LogP contribution >= 0.6 is 15.9 Å². The van der Waals surface area contributed by atoms with Crippen LogP contribution in [-0.4, -0.2) is 18.5 Å². The summed E-state index contributed by atoms with van der Waals surface area (Å²) in [6.07, 6.45) is 2.26. The van der Waals surface area contributed by atoms with Gasteiger partial charge < -0.3 is 10.6 Å². The Bertz CT molecular complexity index is 404. The molecule has 1 unspecified atom stereocenters. The number of rotatable bonds is 5. The van der Waals surface area contributed by atoms with Crippen molar-refractivity contribution in [2.24, 2.45) is 0 Å². The third-order valence-corrected chi connectivity index (χ3v) is 3.61. The second-order valence-corrected chi connectivity index (χ2v) is 5.32. The zero-order chi connectivity index (χ0) is 12.3. The van der Waals surface area contributed by atoms with Gasteiger partial charge in [-0.3, -0.25) is 4.79 Å². The molecule has 4 heteroatoms. The monoisotopic (exact) mass is 296 g/mol. The van der Waals surface area contributed by atoms with Gasteiger partial charge in [-0.05, 0) is 31.4 Å². The first-order chi connectivity index (χ1) is 8.16. The van der Waals surface area contributed by atoms with E-state index < -0.39 is 0 Å². The molecule has 0 radical (unpaired) electrons. The topological polar surface area (TPSA) is 41.1 Å². The molecule has 17 heavy (non-hydrogen) atoms. The van der Waals surface area contributed by atoms with E-state index in [9.17, 15) is 4.79 Å². The fourth-order valence-electron chi connectivity index (χ4n) is 1.69. The van der Waals surface area contributed by atoms with Gasteiger partial charge >= 0.3 is 0 Å². The van der Waals surface area contributed by atoms with Gasteiger partial charge in [0.05, 0.1) is 6.54 Å². The fraction of sp³-hybridized carbons (Fsp3) is 0.462. The van der Waals surface area contributed by atoms with Gasteiger partial charge in [-0.25, -0.2) is 0 Å². The predicted molar refractivity (Wildman–Crippen MR) is 71.7 cm³/mol. The van der Waals surface area contributed by atoms with Crippen molar-refractivity contribution in [3.63, 3.8) is 0 Å². The average Bonchev–Trinajstić information content (AvgIpc) is 3.10. The number of hydrogen-bond donors (Lipinski definition) is 2. The molecule has 1 aromatic rings. The summed E-state index contributed by atoms with van der Waals surface area (Å²) in [7, 11) is 0. The molecule has 1 aromatic carbocycles. The van der Waals surface area contributed by atoms with Crippen LogP contribution in [0.5, 0.6) is 0 Å². The number of halogens is 1. The summed E-state index contributed by atoms with van der Waals surface area (Å²) in [4.78, 5) is 11.5. The van der Waals surface area contributed by atoms with E-state index in [4.69, 9.17) is 0 Å². The van der Waals surface area contributed by atoms with Crippen LogP contribution in [0.15, 0.2) is 28.7 Å². The Labute approximate surface area is 110 Å². The zero-order valence-electron chi connectivity index (χ0n) is 9.87. The fourth-order valence-corrected chi connectivity index (χ4v) is 2.32. The SMILES string of the molecule is CC(NCC(=O)NC1CC1)c1ccccc1Br. The van der Waals surface area contributed by atoms with Crippen molar-refractivity contribution in [2.45, 2.75) is 31.8 Å². The minimum absolute atomic E-state index is 0.0893. The third kappa shape index (κ3) is 3.82. The van der Waals surface area contributed by atoms with E-state index in [-0.39, 0.29) is 11.9 Å². The molecule has 1 saturated carbocycles. The molecule has 1 fully saturated rings. The van der Waals surface area contributed by atoms with Crippen LogP contribution in [0.1, 0.15) is 31.4 Å². The Morgan fingerprint density at radius 1 is 1.47 bits per heavy atom. The summed E-state index contributed by atoms with van der Waals surface area (Å²) >= 11 is 3.51. The molecule has 1 aliphatic carbocycles. The molecular formula is C13H17BrN2O. The van der Waals surface area contributed by atoms with Gasteiger partial charge in [0.25, 0.3) is 0 Å². The lowest BCUT2D eigenvalue weighted by atomic mass is 10.1. The smallest absolute Gasteiger partial charge is 0.234 e. The Hall–Kier alpha value is -0.870. The maximum atomic E-state index is 11.5. The second kappa shape index (κ2) is 5.65. The molecule has 1 aliphatic rings. The molecule has 2 rings (SSSR count). The lowest BCUT2D eigenvalue weighted by molar-refractivity contribution is -0.120. The summed E-state index contributed by atoms with van der Waals surface area (Å²) in [5.41, 5.74) is 1.17. The van der Waals surface area contributed by atoms with Crippen molar-refractivity contribution in [1.82, 2.24) is 10.6 Å². The van der Waals surface area contributed by atoms with Crippen molar-refractivity contribution in [3.8, 4) is 0 Å². The molecule has 0 spiro atoms.